The standard InChI is InChI=1S/C14H20N4O2/c1-8-10(15)5-9(7-17-8)13(20)18-12(16)6-11(19)14(2,3)4/h5-7,19H,15H2,1-4H3,(H2,16,18,20)/b11-6-. The fourth-order valence-corrected chi connectivity index (χ4v) is 1.24. The fourth-order valence-electron chi connectivity index (χ4n) is 1.24. The third kappa shape index (κ3) is 4.08. The summed E-state index contributed by atoms with van der Waals surface area (Å²) < 4.78 is 0. The van der Waals surface area contributed by atoms with Gasteiger partial charge in [0.25, 0.3) is 5.91 Å². The van der Waals surface area contributed by atoms with Crippen molar-refractivity contribution in [2.24, 2.45) is 16.1 Å². The Morgan fingerprint density at radius 3 is 2.55 bits per heavy atom. The highest BCUT2D eigenvalue weighted by atomic mass is 16.3. The van der Waals surface area contributed by atoms with E-state index in [0.717, 1.165) is 0 Å². The van der Waals surface area contributed by atoms with Crippen LogP contribution in [-0.4, -0.2) is 21.8 Å². The van der Waals surface area contributed by atoms with Gasteiger partial charge in [-0.15, -0.1) is 0 Å². The van der Waals surface area contributed by atoms with Gasteiger partial charge in [0.05, 0.1) is 16.9 Å². The zero-order valence-corrected chi connectivity index (χ0v) is 12.1. The minimum Gasteiger partial charge on any atom is -0.512 e. The number of hydrogen-bond donors (Lipinski definition) is 3. The van der Waals surface area contributed by atoms with E-state index in [-0.39, 0.29) is 17.2 Å². The molecule has 0 spiro atoms. The number of anilines is 1. The molecule has 6 heteroatoms. The number of amidine groups is 1. The van der Waals surface area contributed by atoms with E-state index in [1.165, 1.54) is 18.3 Å². The van der Waals surface area contributed by atoms with E-state index in [1.807, 2.05) is 20.8 Å². The van der Waals surface area contributed by atoms with E-state index in [2.05, 4.69) is 9.98 Å². The number of aromatic nitrogens is 1. The molecule has 6 nitrogen and oxygen atoms in total. The second kappa shape index (κ2) is 5.73. The van der Waals surface area contributed by atoms with Gasteiger partial charge in [-0.3, -0.25) is 9.78 Å². The second-order valence-corrected chi connectivity index (χ2v) is 5.52. The molecule has 108 valence electrons. The smallest absolute Gasteiger partial charge is 0.280 e. The topological polar surface area (TPSA) is 115 Å². The lowest BCUT2D eigenvalue weighted by Crippen LogP contribution is -2.17. The van der Waals surface area contributed by atoms with Crippen LogP contribution in [0, 0.1) is 12.3 Å². The number of amides is 1. The molecule has 0 atom stereocenters. The quantitative estimate of drug-likeness (QED) is 0.434. The number of aryl methyl sites for hydroxylation is 1. The highest BCUT2D eigenvalue weighted by molar-refractivity contribution is 6.06. The molecule has 1 amide bonds. The van der Waals surface area contributed by atoms with Crippen molar-refractivity contribution in [3.05, 3.63) is 35.4 Å². The van der Waals surface area contributed by atoms with Crippen LogP contribution in [-0.2, 0) is 0 Å². The SMILES string of the molecule is Cc1ncc(C(=O)N=C(N)/C=C(\O)C(C)(C)C)cc1N. The number of aliphatic hydroxyl groups is 1. The molecule has 0 aliphatic rings. The van der Waals surface area contributed by atoms with E-state index in [9.17, 15) is 9.90 Å². The highest BCUT2D eigenvalue weighted by Gasteiger charge is 2.16. The number of pyridine rings is 1. The normalized spacial score (nSPS) is 13.4. The largest absolute Gasteiger partial charge is 0.512 e. The maximum atomic E-state index is 11.9. The number of nitrogens with two attached hydrogens (primary N) is 2. The maximum absolute atomic E-state index is 11.9. The minimum absolute atomic E-state index is 0.0492. The molecule has 0 fully saturated rings. The Morgan fingerprint density at radius 2 is 2.05 bits per heavy atom. The molecule has 0 bridgehead atoms. The average Bonchev–Trinajstić information content (AvgIpc) is 2.31. The molecule has 20 heavy (non-hydrogen) atoms. The molecule has 0 aromatic carbocycles. The first kappa shape index (κ1) is 15.7. The second-order valence-electron chi connectivity index (χ2n) is 5.52. The summed E-state index contributed by atoms with van der Waals surface area (Å²) in [5, 5.41) is 9.78. The molecule has 0 saturated heterocycles. The van der Waals surface area contributed by atoms with Crippen LogP contribution in [0.5, 0.6) is 0 Å². The van der Waals surface area contributed by atoms with Crippen molar-refractivity contribution in [2.45, 2.75) is 27.7 Å². The van der Waals surface area contributed by atoms with E-state index in [4.69, 9.17) is 11.5 Å². The number of aliphatic imine (C=N–C) groups is 1. The first-order valence-electron chi connectivity index (χ1n) is 6.13. The number of aliphatic hydroxyl groups excluding tert-OH is 1. The van der Waals surface area contributed by atoms with Crippen LogP contribution in [0.3, 0.4) is 0 Å². The lowest BCUT2D eigenvalue weighted by molar-refractivity contribution is 0.100. The molecule has 1 rings (SSSR count). The Kier molecular flexibility index (Phi) is 4.49. The van der Waals surface area contributed by atoms with Crippen LogP contribution in [0.25, 0.3) is 0 Å². The first-order valence-corrected chi connectivity index (χ1v) is 6.13. The number of nitrogen functional groups attached to an aromatic ring is 1. The number of allylic oxidation sites excluding steroid dienone is 1. The number of nitrogens with zero attached hydrogens (tertiary/aromatic N) is 2. The van der Waals surface area contributed by atoms with Gasteiger partial charge in [-0.1, -0.05) is 20.8 Å². The number of rotatable bonds is 2. The summed E-state index contributed by atoms with van der Waals surface area (Å²) >= 11 is 0. The molecule has 0 aliphatic carbocycles. The number of hydrogen-bond acceptors (Lipinski definition) is 4. The Labute approximate surface area is 118 Å². The zero-order valence-electron chi connectivity index (χ0n) is 12.1. The van der Waals surface area contributed by atoms with E-state index < -0.39 is 11.3 Å². The van der Waals surface area contributed by atoms with Crippen LogP contribution < -0.4 is 11.5 Å². The first-order chi connectivity index (χ1) is 9.11. The van der Waals surface area contributed by atoms with Crippen LogP contribution in [0.15, 0.2) is 29.1 Å². The zero-order chi connectivity index (χ0) is 15.5. The Morgan fingerprint density at radius 1 is 1.45 bits per heavy atom. The molecule has 0 aliphatic heterocycles. The Hall–Kier alpha value is -2.37. The summed E-state index contributed by atoms with van der Waals surface area (Å²) in [6.45, 7) is 7.20. The monoisotopic (exact) mass is 276 g/mol. The lowest BCUT2D eigenvalue weighted by Gasteiger charge is -2.16. The number of carbonyl (C=O) groups is 1. The van der Waals surface area contributed by atoms with Crippen LogP contribution >= 0.6 is 0 Å². The fraction of sp³-hybridized carbons (Fsp3) is 0.357. The van der Waals surface area contributed by atoms with Gasteiger partial charge in [0.1, 0.15) is 11.6 Å². The lowest BCUT2D eigenvalue weighted by atomic mass is 9.93. The third-order valence-corrected chi connectivity index (χ3v) is 2.66. The van der Waals surface area contributed by atoms with Gasteiger partial charge in [-0.2, -0.15) is 4.99 Å². The summed E-state index contributed by atoms with van der Waals surface area (Å²) in [5.74, 6) is -0.575. The molecule has 5 N–H and O–H groups in total. The molecular formula is C14H20N4O2. The van der Waals surface area contributed by atoms with Crippen LogP contribution in [0.2, 0.25) is 0 Å². The third-order valence-electron chi connectivity index (χ3n) is 2.66. The van der Waals surface area contributed by atoms with Crippen molar-refractivity contribution in [1.82, 2.24) is 4.98 Å². The predicted octanol–water partition coefficient (Wildman–Crippen LogP) is 1.96. The van der Waals surface area contributed by atoms with Crippen molar-refractivity contribution >= 4 is 17.4 Å². The molecule has 1 heterocycles. The van der Waals surface area contributed by atoms with Gasteiger partial charge < -0.3 is 16.6 Å². The van der Waals surface area contributed by atoms with Gasteiger partial charge in [0.2, 0.25) is 0 Å². The van der Waals surface area contributed by atoms with Crippen molar-refractivity contribution in [3.63, 3.8) is 0 Å². The summed E-state index contributed by atoms with van der Waals surface area (Å²) in [4.78, 5) is 19.6. The molecule has 1 aromatic heterocycles. The predicted molar refractivity (Wildman–Crippen MR) is 79.5 cm³/mol. The summed E-state index contributed by atoms with van der Waals surface area (Å²) in [6.07, 6.45) is 2.65. The van der Waals surface area contributed by atoms with Crippen molar-refractivity contribution in [1.29, 1.82) is 0 Å². The molecule has 0 saturated carbocycles. The molecule has 0 radical (unpaired) electrons. The molecular weight excluding hydrogens is 256 g/mol. The van der Waals surface area contributed by atoms with E-state index in [0.29, 0.717) is 11.4 Å². The Bertz CT molecular complexity index is 583. The van der Waals surface area contributed by atoms with Gasteiger partial charge in [-0.05, 0) is 13.0 Å². The average molecular weight is 276 g/mol. The van der Waals surface area contributed by atoms with Gasteiger partial charge >= 0.3 is 0 Å². The van der Waals surface area contributed by atoms with E-state index in [1.54, 1.807) is 6.92 Å². The van der Waals surface area contributed by atoms with Crippen LogP contribution in [0.4, 0.5) is 5.69 Å². The van der Waals surface area contributed by atoms with Gasteiger partial charge in [0, 0.05) is 17.7 Å². The summed E-state index contributed by atoms with van der Waals surface area (Å²) in [6, 6.07) is 1.49. The molecule has 0 unspecified atom stereocenters. The minimum atomic E-state index is -0.556. The molecule has 1 aromatic rings. The summed E-state index contributed by atoms with van der Waals surface area (Å²) in [7, 11) is 0. The van der Waals surface area contributed by atoms with Gasteiger partial charge in [0.15, 0.2) is 0 Å². The van der Waals surface area contributed by atoms with Crippen molar-refractivity contribution in [2.75, 3.05) is 5.73 Å². The number of carbonyl (C=O) groups excluding carboxylic acids is 1. The summed E-state index contributed by atoms with van der Waals surface area (Å²) in [5.41, 5.74) is 12.1. The Balaban J connectivity index is 2.99. The van der Waals surface area contributed by atoms with Crippen molar-refractivity contribution < 1.29 is 9.90 Å². The highest BCUT2D eigenvalue weighted by Crippen LogP contribution is 2.22. The van der Waals surface area contributed by atoms with E-state index >= 15 is 0 Å². The van der Waals surface area contributed by atoms with Crippen molar-refractivity contribution in [3.8, 4) is 0 Å². The maximum Gasteiger partial charge on any atom is 0.280 e. The van der Waals surface area contributed by atoms with Gasteiger partial charge in [-0.25, -0.2) is 0 Å². The van der Waals surface area contributed by atoms with Crippen LogP contribution in [0.1, 0.15) is 36.8 Å².